The summed E-state index contributed by atoms with van der Waals surface area (Å²) in [5.74, 6) is 0. The van der Waals surface area contributed by atoms with Gasteiger partial charge in [-0.25, -0.2) is 0 Å². The average molecular weight is 252 g/mol. The van der Waals surface area contributed by atoms with Crippen molar-refractivity contribution >= 4 is 73.5 Å². The SMILES string of the molecule is c1cc2sc3sc4ccsc4c3c2s1. The van der Waals surface area contributed by atoms with E-state index in [9.17, 15) is 0 Å². The summed E-state index contributed by atoms with van der Waals surface area (Å²) < 4.78 is 7.36. The van der Waals surface area contributed by atoms with E-state index < -0.39 is 0 Å². The Bertz CT molecular complexity index is 674. The van der Waals surface area contributed by atoms with E-state index in [1.807, 2.05) is 45.3 Å². The predicted octanol–water partition coefficient (Wildman–Crippen LogP) is 5.39. The largest absolute Gasteiger partial charge is 0.142 e. The van der Waals surface area contributed by atoms with Crippen molar-refractivity contribution in [3.63, 3.8) is 0 Å². The molecule has 0 atom stereocenters. The van der Waals surface area contributed by atoms with E-state index in [1.165, 1.54) is 28.2 Å². The minimum atomic E-state index is 1.45. The highest BCUT2D eigenvalue weighted by molar-refractivity contribution is 7.48. The van der Waals surface area contributed by atoms with Gasteiger partial charge in [0.2, 0.25) is 0 Å². The Hall–Kier alpha value is -0.420. The van der Waals surface area contributed by atoms with Crippen molar-refractivity contribution in [1.29, 1.82) is 0 Å². The molecule has 0 saturated carbocycles. The van der Waals surface area contributed by atoms with E-state index in [0.29, 0.717) is 0 Å². The minimum Gasteiger partial charge on any atom is -0.142 e. The van der Waals surface area contributed by atoms with Crippen molar-refractivity contribution in [1.82, 2.24) is 0 Å². The van der Waals surface area contributed by atoms with Crippen LogP contribution in [0.15, 0.2) is 22.9 Å². The summed E-state index contributed by atoms with van der Waals surface area (Å²) >= 11 is 7.61. The third kappa shape index (κ3) is 0.827. The van der Waals surface area contributed by atoms with E-state index >= 15 is 0 Å². The highest BCUT2D eigenvalue weighted by Crippen LogP contribution is 2.47. The first kappa shape index (κ1) is 7.82. The highest BCUT2D eigenvalue weighted by atomic mass is 32.2. The van der Waals surface area contributed by atoms with Crippen LogP contribution in [0.2, 0.25) is 0 Å². The normalized spacial score (nSPS) is 12.3. The fourth-order valence-corrected chi connectivity index (χ4v) is 6.84. The van der Waals surface area contributed by atoms with Crippen LogP contribution >= 0.6 is 45.3 Å². The third-order valence-corrected chi connectivity index (χ3v) is 6.84. The first-order valence-corrected chi connectivity index (χ1v) is 7.58. The van der Waals surface area contributed by atoms with Crippen LogP contribution in [-0.4, -0.2) is 0 Å². The van der Waals surface area contributed by atoms with Crippen LogP contribution in [0.5, 0.6) is 0 Å². The summed E-state index contributed by atoms with van der Waals surface area (Å²) in [6, 6.07) is 4.47. The van der Waals surface area contributed by atoms with E-state index in [-0.39, 0.29) is 0 Å². The van der Waals surface area contributed by atoms with Crippen molar-refractivity contribution in [3.05, 3.63) is 22.9 Å². The molecule has 0 N–H and O–H groups in total. The van der Waals surface area contributed by atoms with Gasteiger partial charge in [0, 0.05) is 14.8 Å². The third-order valence-electron chi connectivity index (χ3n) is 2.32. The molecule has 0 fully saturated rings. The molecule has 14 heavy (non-hydrogen) atoms. The van der Waals surface area contributed by atoms with E-state index in [4.69, 9.17) is 0 Å². The molecule has 0 aliphatic carbocycles. The Labute approximate surface area is 96.0 Å². The van der Waals surface area contributed by atoms with Gasteiger partial charge < -0.3 is 0 Å². The molecule has 0 amide bonds. The van der Waals surface area contributed by atoms with Gasteiger partial charge in [-0.2, -0.15) is 0 Å². The van der Waals surface area contributed by atoms with Crippen LogP contribution in [-0.2, 0) is 0 Å². The number of hydrogen-bond donors (Lipinski definition) is 0. The van der Waals surface area contributed by atoms with Crippen LogP contribution in [0.4, 0.5) is 0 Å². The van der Waals surface area contributed by atoms with Crippen LogP contribution in [0, 0.1) is 0 Å². The minimum absolute atomic E-state index is 1.45. The lowest BCUT2D eigenvalue weighted by atomic mass is 10.3. The first-order valence-electron chi connectivity index (χ1n) is 4.19. The van der Waals surface area contributed by atoms with Gasteiger partial charge in [-0.1, -0.05) is 0 Å². The standard InChI is InChI=1S/C10H4S4/c1-3-11-8-5(1)13-10-7(8)9-6(14-10)2-4-12-9/h1-4H. The number of thiophene rings is 4. The molecule has 4 aromatic heterocycles. The molecule has 0 aliphatic rings. The summed E-state index contributed by atoms with van der Waals surface area (Å²) in [7, 11) is 0. The molecule has 0 unspecified atom stereocenters. The summed E-state index contributed by atoms with van der Waals surface area (Å²) in [5.41, 5.74) is 0. The molecule has 4 heterocycles. The molecular formula is C10H4S4. The molecule has 0 radical (unpaired) electrons. The number of hydrogen-bond acceptors (Lipinski definition) is 4. The van der Waals surface area contributed by atoms with Crippen molar-refractivity contribution in [2.45, 2.75) is 0 Å². The molecule has 0 bridgehead atoms. The van der Waals surface area contributed by atoms with Crippen molar-refractivity contribution in [3.8, 4) is 0 Å². The van der Waals surface area contributed by atoms with Gasteiger partial charge in [-0.05, 0) is 22.9 Å². The first-order chi connectivity index (χ1) is 6.93. The lowest BCUT2D eigenvalue weighted by Gasteiger charge is -1.77. The second-order valence-corrected chi connectivity index (χ2v) is 7.29. The molecule has 0 saturated heterocycles. The summed E-state index contributed by atoms with van der Waals surface area (Å²) in [5, 5.41) is 5.89. The van der Waals surface area contributed by atoms with E-state index in [2.05, 4.69) is 22.9 Å². The summed E-state index contributed by atoms with van der Waals surface area (Å²) in [6.45, 7) is 0. The predicted molar refractivity (Wildman–Crippen MR) is 70.5 cm³/mol. The molecule has 0 aliphatic heterocycles. The lowest BCUT2D eigenvalue weighted by molar-refractivity contribution is 2.25. The fourth-order valence-electron chi connectivity index (χ4n) is 1.73. The van der Waals surface area contributed by atoms with Gasteiger partial charge in [-0.3, -0.25) is 0 Å². The fraction of sp³-hybridized carbons (Fsp3) is 0. The van der Waals surface area contributed by atoms with Gasteiger partial charge in [0.05, 0.1) is 13.4 Å². The molecule has 0 nitrogen and oxygen atoms in total. The second-order valence-electron chi connectivity index (χ2n) is 3.09. The van der Waals surface area contributed by atoms with E-state index in [1.54, 1.807) is 0 Å². The van der Waals surface area contributed by atoms with Gasteiger partial charge in [-0.15, -0.1) is 45.3 Å². The Morgan fingerprint density at radius 3 is 1.93 bits per heavy atom. The highest BCUT2D eigenvalue weighted by Gasteiger charge is 2.13. The topological polar surface area (TPSA) is 0 Å². The zero-order valence-electron chi connectivity index (χ0n) is 6.94. The quantitative estimate of drug-likeness (QED) is 0.393. The van der Waals surface area contributed by atoms with Gasteiger partial charge in [0.1, 0.15) is 0 Å². The van der Waals surface area contributed by atoms with E-state index in [0.717, 1.165) is 0 Å². The summed E-state index contributed by atoms with van der Waals surface area (Å²) in [4.78, 5) is 0. The monoisotopic (exact) mass is 252 g/mol. The van der Waals surface area contributed by atoms with Crippen LogP contribution in [0.25, 0.3) is 28.2 Å². The maximum Gasteiger partial charge on any atom is 0.0907 e. The Balaban J connectivity index is 2.47. The van der Waals surface area contributed by atoms with Gasteiger partial charge in [0.25, 0.3) is 0 Å². The van der Waals surface area contributed by atoms with Crippen LogP contribution < -0.4 is 0 Å². The van der Waals surface area contributed by atoms with Crippen LogP contribution in [0.1, 0.15) is 0 Å². The lowest BCUT2D eigenvalue weighted by Crippen LogP contribution is -1.47. The zero-order valence-corrected chi connectivity index (χ0v) is 10.2. The molecule has 68 valence electrons. The molecular weight excluding hydrogens is 248 g/mol. The number of rotatable bonds is 0. The smallest absolute Gasteiger partial charge is 0.0907 e. The average Bonchev–Trinajstić information content (AvgIpc) is 2.77. The van der Waals surface area contributed by atoms with Crippen LogP contribution in [0.3, 0.4) is 0 Å². The molecule has 0 aromatic carbocycles. The maximum absolute atomic E-state index is 2.23. The Morgan fingerprint density at radius 2 is 1.36 bits per heavy atom. The van der Waals surface area contributed by atoms with Gasteiger partial charge in [0.15, 0.2) is 0 Å². The van der Waals surface area contributed by atoms with Gasteiger partial charge >= 0.3 is 0 Å². The number of fused-ring (bicyclic) bond motifs is 5. The maximum atomic E-state index is 2.23. The van der Waals surface area contributed by atoms with Crippen molar-refractivity contribution in [2.24, 2.45) is 0 Å². The Morgan fingerprint density at radius 1 is 0.786 bits per heavy atom. The van der Waals surface area contributed by atoms with Crippen molar-refractivity contribution in [2.75, 3.05) is 0 Å². The van der Waals surface area contributed by atoms with Crippen molar-refractivity contribution < 1.29 is 0 Å². The summed E-state index contributed by atoms with van der Waals surface area (Å²) in [6.07, 6.45) is 0. The molecule has 0 spiro atoms. The molecule has 4 rings (SSSR count). The molecule has 4 heteroatoms. The Kier molecular flexibility index (Phi) is 1.44. The molecule has 4 aromatic rings. The zero-order chi connectivity index (χ0) is 9.12. The second kappa shape index (κ2) is 2.58.